The lowest BCUT2D eigenvalue weighted by molar-refractivity contribution is 0.0852. The molecule has 0 bridgehead atoms. The zero-order valence-electron chi connectivity index (χ0n) is 8.42. The summed E-state index contributed by atoms with van der Waals surface area (Å²) in [7, 11) is 0. The molecule has 1 heterocycles. The van der Waals surface area contributed by atoms with Gasteiger partial charge in [-0.3, -0.25) is 9.59 Å². The Morgan fingerprint density at radius 1 is 1.43 bits per heavy atom. The Hall–Kier alpha value is -1.58. The van der Waals surface area contributed by atoms with E-state index in [4.69, 9.17) is 5.11 Å². The number of aromatic nitrogens is 1. The van der Waals surface area contributed by atoms with Crippen molar-refractivity contribution in [1.29, 1.82) is 0 Å². The van der Waals surface area contributed by atoms with Gasteiger partial charge in [0, 0.05) is 17.7 Å². The van der Waals surface area contributed by atoms with E-state index in [1.165, 1.54) is 0 Å². The summed E-state index contributed by atoms with van der Waals surface area (Å²) >= 11 is 0. The van der Waals surface area contributed by atoms with Gasteiger partial charge in [0.25, 0.3) is 0 Å². The number of aromatic amines is 1. The highest BCUT2D eigenvalue weighted by Gasteiger charge is 2.23. The van der Waals surface area contributed by atoms with Crippen LogP contribution in [-0.2, 0) is 0 Å². The van der Waals surface area contributed by atoms with Crippen LogP contribution >= 0.6 is 0 Å². The van der Waals surface area contributed by atoms with Crippen LogP contribution in [0.25, 0.3) is 0 Å². The predicted octanol–water partition coefficient (Wildman–Crippen LogP) is 1.31. The number of pyridine rings is 1. The molecule has 0 aliphatic carbocycles. The molecule has 0 amide bonds. The number of nitrogens with one attached hydrogen (secondary N) is 1. The van der Waals surface area contributed by atoms with Gasteiger partial charge in [-0.1, -0.05) is 20.8 Å². The first kappa shape index (κ1) is 10.5. The quantitative estimate of drug-likeness (QED) is 0.664. The highest BCUT2D eigenvalue weighted by Crippen LogP contribution is 2.18. The maximum Gasteiger partial charge on any atom is 0.223 e. The second kappa shape index (κ2) is 3.29. The van der Waals surface area contributed by atoms with Crippen molar-refractivity contribution < 1.29 is 9.90 Å². The Bertz CT molecular complexity index is 412. The van der Waals surface area contributed by atoms with E-state index >= 15 is 0 Å². The van der Waals surface area contributed by atoms with E-state index in [1.807, 2.05) is 0 Å². The first-order valence-electron chi connectivity index (χ1n) is 4.29. The molecule has 0 aliphatic rings. The molecule has 1 rings (SSSR count). The molecule has 14 heavy (non-hydrogen) atoms. The number of carbonyl (C=O) groups excluding carboxylic acids is 1. The molecule has 2 N–H and O–H groups in total. The Morgan fingerprint density at radius 2 is 2.00 bits per heavy atom. The second-order valence-corrected chi connectivity index (χ2v) is 4.18. The summed E-state index contributed by atoms with van der Waals surface area (Å²) in [6.07, 6.45) is 1.13. The van der Waals surface area contributed by atoms with Gasteiger partial charge in [-0.15, -0.1) is 0 Å². The van der Waals surface area contributed by atoms with E-state index in [0.29, 0.717) is 0 Å². The molecule has 0 fully saturated rings. The average Bonchev–Trinajstić information content (AvgIpc) is 2.07. The van der Waals surface area contributed by atoms with Gasteiger partial charge in [-0.05, 0) is 0 Å². The smallest absolute Gasteiger partial charge is 0.223 e. The normalized spacial score (nSPS) is 11.4. The van der Waals surface area contributed by atoms with Gasteiger partial charge in [0.2, 0.25) is 5.43 Å². The number of aromatic hydroxyl groups is 1. The average molecular weight is 195 g/mol. The Labute approximate surface area is 81.6 Å². The van der Waals surface area contributed by atoms with Gasteiger partial charge in [0.05, 0.1) is 5.69 Å². The fraction of sp³-hybridized carbons (Fsp3) is 0.400. The fourth-order valence-electron chi connectivity index (χ4n) is 0.999. The van der Waals surface area contributed by atoms with Crippen LogP contribution in [0.1, 0.15) is 31.3 Å². The highest BCUT2D eigenvalue weighted by atomic mass is 16.3. The molecule has 4 heteroatoms. The Kier molecular flexibility index (Phi) is 2.47. The minimum Gasteiger partial charge on any atom is -0.503 e. The summed E-state index contributed by atoms with van der Waals surface area (Å²) in [6.45, 7) is 5.29. The van der Waals surface area contributed by atoms with Crippen molar-refractivity contribution in [2.24, 2.45) is 5.41 Å². The van der Waals surface area contributed by atoms with Crippen LogP contribution in [0.4, 0.5) is 0 Å². The monoisotopic (exact) mass is 195 g/mol. The molecule has 1 aromatic heterocycles. The molecule has 0 aliphatic heterocycles. The van der Waals surface area contributed by atoms with Gasteiger partial charge in [-0.25, -0.2) is 0 Å². The van der Waals surface area contributed by atoms with Crippen LogP contribution in [-0.4, -0.2) is 15.9 Å². The number of hydrogen-bond donors (Lipinski definition) is 2. The van der Waals surface area contributed by atoms with Gasteiger partial charge in [0.15, 0.2) is 11.5 Å². The largest absolute Gasteiger partial charge is 0.503 e. The lowest BCUT2D eigenvalue weighted by Crippen LogP contribution is -2.22. The van der Waals surface area contributed by atoms with Crippen molar-refractivity contribution >= 4 is 5.78 Å². The molecule has 0 aromatic carbocycles. The molecule has 0 spiro atoms. The van der Waals surface area contributed by atoms with Crippen LogP contribution in [0.5, 0.6) is 5.75 Å². The summed E-state index contributed by atoms with van der Waals surface area (Å²) in [6, 6.07) is 1.11. The number of Topliss-reactive ketones (excluding diaryl/α,β-unsaturated/α-hetero) is 1. The van der Waals surface area contributed by atoms with E-state index in [1.54, 1.807) is 20.8 Å². The minimum atomic E-state index is -0.545. The molecule has 0 atom stereocenters. The Balaban J connectivity index is 3.17. The van der Waals surface area contributed by atoms with Crippen LogP contribution in [0.3, 0.4) is 0 Å². The van der Waals surface area contributed by atoms with Crippen molar-refractivity contribution in [1.82, 2.24) is 4.98 Å². The van der Waals surface area contributed by atoms with E-state index in [9.17, 15) is 9.59 Å². The van der Waals surface area contributed by atoms with Crippen molar-refractivity contribution in [3.63, 3.8) is 0 Å². The van der Waals surface area contributed by atoms with Crippen molar-refractivity contribution in [2.45, 2.75) is 20.8 Å². The number of hydrogen-bond acceptors (Lipinski definition) is 3. The first-order valence-corrected chi connectivity index (χ1v) is 4.29. The third-order valence-electron chi connectivity index (χ3n) is 1.82. The minimum absolute atomic E-state index is 0.158. The van der Waals surface area contributed by atoms with Crippen LogP contribution < -0.4 is 5.43 Å². The lowest BCUT2D eigenvalue weighted by atomic mass is 9.89. The zero-order valence-corrected chi connectivity index (χ0v) is 8.42. The van der Waals surface area contributed by atoms with Gasteiger partial charge in [-0.2, -0.15) is 0 Å². The summed E-state index contributed by atoms with van der Waals surface area (Å²) in [5, 5.41) is 8.97. The van der Waals surface area contributed by atoms with E-state index in [2.05, 4.69) is 4.98 Å². The Morgan fingerprint density at radius 3 is 2.43 bits per heavy atom. The summed E-state index contributed by atoms with van der Waals surface area (Å²) in [5.41, 5.74) is -0.864. The van der Waals surface area contributed by atoms with Crippen LogP contribution in [0.15, 0.2) is 17.1 Å². The molecule has 1 aromatic rings. The van der Waals surface area contributed by atoms with Crippen molar-refractivity contribution in [3.8, 4) is 5.75 Å². The first-order chi connectivity index (χ1) is 6.32. The van der Waals surface area contributed by atoms with Crippen LogP contribution in [0, 0.1) is 5.41 Å². The molecular formula is C10H13NO3. The third kappa shape index (κ3) is 2.02. The van der Waals surface area contributed by atoms with E-state index in [-0.39, 0.29) is 17.2 Å². The van der Waals surface area contributed by atoms with Gasteiger partial charge in [0.1, 0.15) is 0 Å². The molecule has 0 saturated heterocycles. The number of carbonyl (C=O) groups is 1. The van der Waals surface area contributed by atoms with E-state index < -0.39 is 10.8 Å². The van der Waals surface area contributed by atoms with Gasteiger partial charge < -0.3 is 10.1 Å². The fourth-order valence-corrected chi connectivity index (χ4v) is 0.999. The SMILES string of the molecule is CC(C)(C)C(=O)c1cc(=O)c(O)c[nH]1. The van der Waals surface area contributed by atoms with Gasteiger partial charge >= 0.3 is 0 Å². The zero-order chi connectivity index (χ0) is 10.9. The molecular weight excluding hydrogens is 182 g/mol. The molecule has 76 valence electrons. The summed E-state index contributed by atoms with van der Waals surface area (Å²) in [5.74, 6) is -0.537. The third-order valence-corrected chi connectivity index (χ3v) is 1.82. The standard InChI is InChI=1S/C10H13NO3/c1-10(2,3)9(14)6-4-7(12)8(13)5-11-6/h4-5,13H,1-3H3,(H,11,12). The van der Waals surface area contributed by atoms with E-state index in [0.717, 1.165) is 12.3 Å². The number of ketones is 1. The summed E-state index contributed by atoms with van der Waals surface area (Å²) in [4.78, 5) is 25.3. The molecule has 4 nitrogen and oxygen atoms in total. The van der Waals surface area contributed by atoms with Crippen molar-refractivity contribution in [3.05, 3.63) is 28.2 Å². The molecule has 0 saturated carbocycles. The maximum atomic E-state index is 11.7. The summed E-state index contributed by atoms with van der Waals surface area (Å²) < 4.78 is 0. The second-order valence-electron chi connectivity index (χ2n) is 4.18. The van der Waals surface area contributed by atoms with Crippen LogP contribution in [0.2, 0.25) is 0 Å². The number of H-pyrrole nitrogens is 1. The lowest BCUT2D eigenvalue weighted by Gasteiger charge is -2.15. The molecule has 0 radical (unpaired) electrons. The topological polar surface area (TPSA) is 70.2 Å². The van der Waals surface area contributed by atoms with Crippen molar-refractivity contribution in [2.75, 3.05) is 0 Å². The molecule has 0 unspecified atom stereocenters. The maximum absolute atomic E-state index is 11.7. The highest BCUT2D eigenvalue weighted by molar-refractivity contribution is 5.98. The number of rotatable bonds is 1. The predicted molar refractivity (Wildman–Crippen MR) is 52.5 cm³/mol.